The minimum absolute atomic E-state index is 0.577. The number of rotatable bonds is 0. The van der Waals surface area contributed by atoms with E-state index in [-0.39, 0.29) is 0 Å². The number of hydrogen-bond acceptors (Lipinski definition) is 1. The van der Waals surface area contributed by atoms with Gasteiger partial charge in [0.05, 0.1) is 0 Å². The first kappa shape index (κ1) is 11.2. The maximum absolute atomic E-state index is 2.53. The summed E-state index contributed by atoms with van der Waals surface area (Å²) in [7, 11) is 2.27. The molecule has 2 aromatic carbocycles. The number of hydrogen-bond donors (Lipinski definition) is 0. The van der Waals surface area contributed by atoms with Crippen molar-refractivity contribution >= 4 is 0 Å². The van der Waals surface area contributed by atoms with E-state index >= 15 is 0 Å². The zero-order valence-electron chi connectivity index (χ0n) is 11.6. The van der Waals surface area contributed by atoms with Crippen LogP contribution >= 0.6 is 0 Å². The summed E-state index contributed by atoms with van der Waals surface area (Å²) in [6.07, 6.45) is 2.36. The first-order valence-corrected chi connectivity index (χ1v) is 7.16. The lowest BCUT2D eigenvalue weighted by molar-refractivity contribution is 0.228. The summed E-state index contributed by atoms with van der Waals surface area (Å²) < 4.78 is 0. The molecule has 19 heavy (non-hydrogen) atoms. The molecule has 0 saturated carbocycles. The van der Waals surface area contributed by atoms with Crippen LogP contribution in [-0.4, -0.2) is 18.5 Å². The average Bonchev–Trinajstić information content (AvgIpc) is 2.44. The van der Waals surface area contributed by atoms with E-state index in [1.165, 1.54) is 35.2 Å². The maximum atomic E-state index is 2.53. The first-order chi connectivity index (χ1) is 9.25. The fraction of sp³-hybridized carbons (Fsp3) is 0.333. The van der Waals surface area contributed by atoms with Gasteiger partial charge in [-0.1, -0.05) is 36.4 Å². The second kappa shape index (κ2) is 3.94. The SMILES string of the molecule is Cc1ccc2c3c1CCN(C)C3Cc1ccccc1-2. The molecule has 96 valence electrons. The Kier molecular flexibility index (Phi) is 2.33. The van der Waals surface area contributed by atoms with Crippen molar-refractivity contribution in [2.45, 2.75) is 25.8 Å². The number of benzene rings is 2. The molecule has 1 nitrogen and oxygen atoms in total. The molecule has 0 radical (unpaired) electrons. The summed E-state index contributed by atoms with van der Waals surface area (Å²) >= 11 is 0. The quantitative estimate of drug-likeness (QED) is 0.687. The molecule has 1 heterocycles. The Hall–Kier alpha value is -1.60. The predicted molar refractivity (Wildman–Crippen MR) is 79.4 cm³/mol. The number of fused-ring (bicyclic) bond motifs is 2. The van der Waals surface area contributed by atoms with E-state index in [0.717, 1.165) is 6.42 Å². The predicted octanol–water partition coefficient (Wildman–Crippen LogP) is 3.75. The van der Waals surface area contributed by atoms with E-state index in [4.69, 9.17) is 0 Å². The highest BCUT2D eigenvalue weighted by atomic mass is 15.1. The highest BCUT2D eigenvalue weighted by Crippen LogP contribution is 2.45. The Balaban J connectivity index is 2.05. The topological polar surface area (TPSA) is 3.24 Å². The van der Waals surface area contributed by atoms with Gasteiger partial charge in [0.15, 0.2) is 0 Å². The lowest BCUT2D eigenvalue weighted by atomic mass is 9.76. The van der Waals surface area contributed by atoms with Crippen LogP contribution in [0.15, 0.2) is 36.4 Å². The molecule has 0 bridgehead atoms. The van der Waals surface area contributed by atoms with Gasteiger partial charge in [-0.15, -0.1) is 0 Å². The van der Waals surface area contributed by atoms with Crippen molar-refractivity contribution in [3.8, 4) is 11.1 Å². The van der Waals surface area contributed by atoms with Gasteiger partial charge in [-0.05, 0) is 60.2 Å². The molecule has 1 heteroatoms. The molecule has 0 amide bonds. The standard InChI is InChI=1S/C18H19N/c1-12-7-8-16-15-6-4-3-5-13(15)11-17-18(16)14(12)9-10-19(17)2/h3-8,17H,9-11H2,1-2H3. The van der Waals surface area contributed by atoms with Crippen molar-refractivity contribution in [2.24, 2.45) is 0 Å². The lowest BCUT2D eigenvalue weighted by Gasteiger charge is -2.40. The van der Waals surface area contributed by atoms with Crippen molar-refractivity contribution in [1.29, 1.82) is 0 Å². The van der Waals surface area contributed by atoms with Crippen molar-refractivity contribution in [3.05, 3.63) is 58.7 Å². The molecule has 1 aliphatic carbocycles. The molecule has 4 rings (SSSR count). The zero-order valence-corrected chi connectivity index (χ0v) is 11.6. The van der Waals surface area contributed by atoms with Gasteiger partial charge in [-0.2, -0.15) is 0 Å². The van der Waals surface area contributed by atoms with Gasteiger partial charge in [0.2, 0.25) is 0 Å². The molecule has 1 aliphatic heterocycles. The largest absolute Gasteiger partial charge is 0.299 e. The molecule has 0 fully saturated rings. The molecule has 0 N–H and O–H groups in total. The average molecular weight is 249 g/mol. The molecule has 1 unspecified atom stereocenters. The fourth-order valence-electron chi connectivity index (χ4n) is 3.81. The van der Waals surface area contributed by atoms with Gasteiger partial charge in [0.1, 0.15) is 0 Å². The second-order valence-corrected chi connectivity index (χ2v) is 5.93. The highest BCUT2D eigenvalue weighted by Gasteiger charge is 2.32. The number of nitrogens with zero attached hydrogens (tertiary/aromatic N) is 1. The number of likely N-dealkylation sites (N-methyl/N-ethyl adjacent to an activating group) is 1. The van der Waals surface area contributed by atoms with Gasteiger partial charge in [-0.3, -0.25) is 4.90 Å². The Morgan fingerprint density at radius 3 is 2.79 bits per heavy atom. The Morgan fingerprint density at radius 1 is 1.05 bits per heavy atom. The first-order valence-electron chi connectivity index (χ1n) is 7.16. The summed E-state index contributed by atoms with van der Waals surface area (Å²) in [5.74, 6) is 0. The van der Waals surface area contributed by atoms with Crippen LogP contribution in [0.3, 0.4) is 0 Å². The van der Waals surface area contributed by atoms with Gasteiger partial charge in [0.25, 0.3) is 0 Å². The summed E-state index contributed by atoms with van der Waals surface area (Å²) in [6.45, 7) is 3.45. The molecule has 0 saturated heterocycles. The Morgan fingerprint density at radius 2 is 1.89 bits per heavy atom. The van der Waals surface area contributed by atoms with Gasteiger partial charge >= 0.3 is 0 Å². The molecule has 0 aromatic heterocycles. The fourth-order valence-corrected chi connectivity index (χ4v) is 3.81. The second-order valence-electron chi connectivity index (χ2n) is 5.93. The van der Waals surface area contributed by atoms with Crippen LogP contribution in [0.4, 0.5) is 0 Å². The normalized spacial score (nSPS) is 20.8. The Bertz CT molecular complexity index is 657. The van der Waals surface area contributed by atoms with Crippen LogP contribution < -0.4 is 0 Å². The molecule has 2 aliphatic rings. The summed E-state index contributed by atoms with van der Waals surface area (Å²) in [4.78, 5) is 2.53. The van der Waals surface area contributed by atoms with Crippen molar-refractivity contribution in [3.63, 3.8) is 0 Å². The smallest absolute Gasteiger partial charge is 0.0394 e. The third kappa shape index (κ3) is 1.51. The van der Waals surface area contributed by atoms with Gasteiger partial charge in [-0.25, -0.2) is 0 Å². The van der Waals surface area contributed by atoms with Crippen molar-refractivity contribution < 1.29 is 0 Å². The maximum Gasteiger partial charge on any atom is 0.0394 e. The van der Waals surface area contributed by atoms with Crippen LogP contribution in [0.5, 0.6) is 0 Å². The van der Waals surface area contributed by atoms with E-state index in [9.17, 15) is 0 Å². The minimum atomic E-state index is 0.577. The summed E-state index contributed by atoms with van der Waals surface area (Å²) in [5.41, 5.74) is 9.10. The van der Waals surface area contributed by atoms with Gasteiger partial charge in [0, 0.05) is 12.6 Å². The van der Waals surface area contributed by atoms with E-state index in [1.807, 2.05) is 0 Å². The van der Waals surface area contributed by atoms with Crippen LogP contribution in [-0.2, 0) is 12.8 Å². The molecule has 0 spiro atoms. The van der Waals surface area contributed by atoms with E-state index < -0.39 is 0 Å². The molecule has 1 atom stereocenters. The van der Waals surface area contributed by atoms with Crippen LogP contribution in [0.1, 0.15) is 28.3 Å². The summed E-state index contributed by atoms with van der Waals surface area (Å²) in [5, 5.41) is 0. The Labute approximate surface area is 114 Å². The van der Waals surface area contributed by atoms with Gasteiger partial charge < -0.3 is 0 Å². The van der Waals surface area contributed by atoms with Crippen LogP contribution in [0.25, 0.3) is 11.1 Å². The third-order valence-corrected chi connectivity index (χ3v) is 4.89. The van der Waals surface area contributed by atoms with E-state index in [2.05, 4.69) is 55.3 Å². The van der Waals surface area contributed by atoms with E-state index in [1.54, 1.807) is 11.1 Å². The van der Waals surface area contributed by atoms with Crippen LogP contribution in [0.2, 0.25) is 0 Å². The number of aryl methyl sites for hydroxylation is 1. The molecule has 2 aromatic rings. The third-order valence-electron chi connectivity index (χ3n) is 4.89. The van der Waals surface area contributed by atoms with Crippen molar-refractivity contribution in [2.75, 3.05) is 13.6 Å². The van der Waals surface area contributed by atoms with Crippen molar-refractivity contribution in [1.82, 2.24) is 4.90 Å². The monoisotopic (exact) mass is 249 g/mol. The highest BCUT2D eigenvalue weighted by molar-refractivity contribution is 5.76. The zero-order chi connectivity index (χ0) is 13.0. The van der Waals surface area contributed by atoms with E-state index in [0.29, 0.717) is 6.04 Å². The molecular weight excluding hydrogens is 230 g/mol. The summed E-state index contributed by atoms with van der Waals surface area (Å²) in [6, 6.07) is 14.1. The lowest BCUT2D eigenvalue weighted by Crippen LogP contribution is -2.35. The van der Waals surface area contributed by atoms with Crippen LogP contribution in [0, 0.1) is 6.92 Å². The minimum Gasteiger partial charge on any atom is -0.299 e. The molecular formula is C18H19N.